The Morgan fingerprint density at radius 3 is 2.04 bits per heavy atom. The number of carbonyl (C=O) groups is 2. The molecule has 246 valence electrons. The van der Waals surface area contributed by atoms with E-state index in [0.29, 0.717) is 18.0 Å². The van der Waals surface area contributed by atoms with Crippen LogP contribution in [0, 0.1) is 31.3 Å². The molecule has 0 bridgehead atoms. The second kappa shape index (κ2) is 13.6. The number of halogens is 9. The van der Waals surface area contributed by atoms with Gasteiger partial charge in [0.2, 0.25) is 5.78 Å². The van der Waals surface area contributed by atoms with E-state index in [1.165, 1.54) is 42.4 Å². The average Bonchev–Trinajstić information content (AvgIpc) is 3.50. The van der Waals surface area contributed by atoms with Crippen LogP contribution in [0.4, 0.5) is 45.3 Å². The maximum absolute atomic E-state index is 14.3. The van der Waals surface area contributed by atoms with Gasteiger partial charge in [-0.2, -0.15) is 13.2 Å². The van der Waals surface area contributed by atoms with Crippen molar-refractivity contribution >= 4 is 33.8 Å². The average molecular weight is 660 g/mol. The molecule has 0 spiro atoms. The number of alkyl halides is 5. The standard InChI is InChI=1S/C25H16F7N5O.C3H4F2O.C2H6/c1-10-22-13(18-14(25(29,30)31)9-17-20(21(18)35-32)34-11(2)36(17)3)5-4-6-37(22)24(33-10)23(38)12-7-15(26)19(28)16(27)8-12;1-2(6)3(4)5;1-2/h4-9,35H,1-3H3;3H,1H3;1-2H3. The second-order valence-electron chi connectivity index (χ2n) is 9.51. The monoisotopic (exact) mass is 659 g/mol. The van der Waals surface area contributed by atoms with Crippen LogP contribution in [0.25, 0.3) is 27.7 Å². The van der Waals surface area contributed by atoms with Crippen molar-refractivity contribution in [1.29, 1.82) is 0 Å². The number of carbonyl (C=O) groups excluding carboxylic acids is 2. The summed E-state index contributed by atoms with van der Waals surface area (Å²) in [5, 5.41) is 0. The Morgan fingerprint density at radius 1 is 0.978 bits per heavy atom. The number of hydrogen-bond donors (Lipinski definition) is 1. The number of rotatable bonds is 5. The highest BCUT2D eigenvalue weighted by molar-refractivity contribution is 6.08. The van der Waals surface area contributed by atoms with Crippen molar-refractivity contribution in [3.63, 3.8) is 0 Å². The molecule has 0 aliphatic rings. The number of anilines is 1. The van der Waals surface area contributed by atoms with Gasteiger partial charge in [-0.3, -0.25) is 14.0 Å². The van der Waals surface area contributed by atoms with E-state index >= 15 is 0 Å². The molecule has 7 nitrogen and oxygen atoms in total. The van der Waals surface area contributed by atoms with Crippen LogP contribution in [0.1, 0.15) is 54.0 Å². The molecule has 2 aromatic carbocycles. The normalized spacial score (nSPS) is 11.3. The Bertz CT molecular complexity index is 1920. The van der Waals surface area contributed by atoms with Crippen LogP contribution >= 0.6 is 0 Å². The molecule has 0 saturated carbocycles. The van der Waals surface area contributed by atoms with Gasteiger partial charge in [0, 0.05) is 36.9 Å². The Labute approximate surface area is 255 Å². The number of nitrogens with one attached hydrogen (secondary N) is 1. The van der Waals surface area contributed by atoms with Crippen LogP contribution < -0.4 is 5.54 Å². The van der Waals surface area contributed by atoms with Crippen LogP contribution in [-0.4, -0.2) is 36.9 Å². The minimum Gasteiger partial charge on any atom is -0.331 e. The molecule has 0 saturated heterocycles. The van der Waals surface area contributed by atoms with Gasteiger partial charge in [0.25, 0.3) is 6.43 Å². The van der Waals surface area contributed by atoms with Gasteiger partial charge in [0.05, 0.1) is 22.3 Å². The summed E-state index contributed by atoms with van der Waals surface area (Å²) >= 11 is 0. The van der Waals surface area contributed by atoms with Gasteiger partial charge in [-0.05, 0) is 38.1 Å². The molecular formula is C30H26F9N5O2. The van der Waals surface area contributed by atoms with Gasteiger partial charge < -0.3 is 4.57 Å². The Hall–Kier alpha value is -4.89. The lowest BCUT2D eigenvalue weighted by atomic mass is 9.95. The molecule has 0 atom stereocenters. The van der Waals surface area contributed by atoms with Gasteiger partial charge in [0.15, 0.2) is 29.1 Å². The van der Waals surface area contributed by atoms with E-state index in [9.17, 15) is 49.2 Å². The summed E-state index contributed by atoms with van der Waals surface area (Å²) in [4.78, 5) is 30.8. The van der Waals surface area contributed by atoms with Crippen LogP contribution in [0.2, 0.25) is 0 Å². The highest BCUT2D eigenvalue weighted by Crippen LogP contribution is 2.46. The predicted octanol–water partition coefficient (Wildman–Crippen LogP) is 8.34. The van der Waals surface area contributed by atoms with Crippen molar-refractivity contribution in [3.8, 4) is 11.1 Å². The molecule has 0 amide bonds. The van der Waals surface area contributed by atoms with E-state index in [-0.39, 0.29) is 27.8 Å². The fourth-order valence-electron chi connectivity index (χ4n) is 4.53. The minimum absolute atomic E-state index is 0.00732. The SMILES string of the molecule is CC.CC(=O)C(F)F.Cc1nc(C(=O)c2cc(F)c(F)c(F)c2)n2cccc(-c3c(C(F)(F)F)cc4c(nc(C)n4C)c3NF)c12. The number of nitrogens with zero attached hydrogens (tertiary/aromatic N) is 4. The minimum atomic E-state index is -4.92. The third kappa shape index (κ3) is 6.55. The number of aromatic nitrogens is 4. The molecule has 3 aromatic heterocycles. The quantitative estimate of drug-likeness (QED) is 0.0889. The van der Waals surface area contributed by atoms with E-state index in [2.05, 4.69) is 9.97 Å². The van der Waals surface area contributed by atoms with E-state index in [1.807, 2.05) is 13.8 Å². The number of fused-ring (bicyclic) bond motifs is 2. The molecule has 5 aromatic rings. The smallest absolute Gasteiger partial charge is 0.331 e. The number of hydrogen-bond acceptors (Lipinski definition) is 5. The number of ketones is 2. The van der Waals surface area contributed by atoms with Crippen molar-refractivity contribution in [3.05, 3.63) is 82.4 Å². The number of benzene rings is 2. The molecule has 16 heteroatoms. The second-order valence-corrected chi connectivity index (χ2v) is 9.51. The summed E-state index contributed by atoms with van der Waals surface area (Å²) in [7, 11) is 1.49. The molecule has 0 aliphatic heterocycles. The van der Waals surface area contributed by atoms with Crippen molar-refractivity contribution in [2.75, 3.05) is 5.54 Å². The molecule has 1 N–H and O–H groups in total. The zero-order valence-electron chi connectivity index (χ0n) is 25.0. The number of imidazole rings is 2. The summed E-state index contributed by atoms with van der Waals surface area (Å²) in [6.45, 7) is 7.81. The zero-order valence-corrected chi connectivity index (χ0v) is 25.0. The van der Waals surface area contributed by atoms with Crippen LogP contribution in [0.3, 0.4) is 0 Å². The summed E-state index contributed by atoms with van der Waals surface area (Å²) in [5.41, 5.74) is -1.56. The third-order valence-corrected chi connectivity index (χ3v) is 6.66. The maximum Gasteiger partial charge on any atom is 0.417 e. The molecule has 0 unspecified atom stereocenters. The molecule has 46 heavy (non-hydrogen) atoms. The lowest BCUT2D eigenvalue weighted by Crippen LogP contribution is -2.11. The highest BCUT2D eigenvalue weighted by atomic mass is 19.4. The van der Waals surface area contributed by atoms with Crippen LogP contribution in [-0.2, 0) is 18.0 Å². The first-order chi connectivity index (χ1) is 21.5. The molecule has 3 heterocycles. The number of aryl methyl sites for hydroxylation is 3. The van der Waals surface area contributed by atoms with E-state index < -0.39 is 69.8 Å². The Kier molecular flexibility index (Phi) is 10.5. The Balaban J connectivity index is 0.000000648. The largest absolute Gasteiger partial charge is 0.417 e. The maximum atomic E-state index is 14.3. The fourth-order valence-corrected chi connectivity index (χ4v) is 4.53. The lowest BCUT2D eigenvalue weighted by molar-refractivity contribution is -0.137. The molecule has 0 aliphatic carbocycles. The predicted molar refractivity (Wildman–Crippen MR) is 152 cm³/mol. The van der Waals surface area contributed by atoms with Crippen molar-refractivity contribution in [2.24, 2.45) is 7.05 Å². The van der Waals surface area contributed by atoms with Crippen molar-refractivity contribution < 1.29 is 49.2 Å². The van der Waals surface area contributed by atoms with Crippen molar-refractivity contribution in [2.45, 2.75) is 47.2 Å². The van der Waals surface area contributed by atoms with Gasteiger partial charge in [-0.15, -0.1) is 4.48 Å². The molecule has 0 radical (unpaired) electrons. The summed E-state index contributed by atoms with van der Waals surface area (Å²) in [6, 6.07) is 4.44. The summed E-state index contributed by atoms with van der Waals surface area (Å²) in [5.74, 6) is -7.11. The highest BCUT2D eigenvalue weighted by Gasteiger charge is 2.38. The molecular weight excluding hydrogens is 633 g/mol. The summed E-state index contributed by atoms with van der Waals surface area (Å²) in [6.07, 6.45) is -6.40. The number of pyridine rings is 1. The van der Waals surface area contributed by atoms with E-state index in [4.69, 9.17) is 0 Å². The van der Waals surface area contributed by atoms with Crippen LogP contribution in [0.15, 0.2) is 36.5 Å². The first-order valence-corrected chi connectivity index (χ1v) is 13.4. The van der Waals surface area contributed by atoms with Gasteiger partial charge in [-0.1, -0.05) is 19.9 Å². The van der Waals surface area contributed by atoms with Gasteiger partial charge in [-0.25, -0.2) is 37.5 Å². The topological polar surface area (TPSA) is 81.3 Å². The Morgan fingerprint density at radius 2 is 1.54 bits per heavy atom. The van der Waals surface area contributed by atoms with Crippen LogP contribution in [0.5, 0.6) is 0 Å². The van der Waals surface area contributed by atoms with Crippen molar-refractivity contribution in [1.82, 2.24) is 18.9 Å². The third-order valence-electron chi connectivity index (χ3n) is 6.66. The first kappa shape index (κ1) is 35.6. The van der Waals surface area contributed by atoms with E-state index in [1.54, 1.807) is 6.92 Å². The molecule has 0 fully saturated rings. The zero-order chi connectivity index (χ0) is 34.8. The first-order valence-electron chi connectivity index (χ1n) is 13.4. The lowest BCUT2D eigenvalue weighted by Gasteiger charge is -2.18. The fraction of sp³-hybridized carbons (Fsp3) is 0.267. The van der Waals surface area contributed by atoms with Gasteiger partial charge in [0.1, 0.15) is 17.0 Å². The van der Waals surface area contributed by atoms with Gasteiger partial charge >= 0.3 is 6.18 Å². The summed E-state index contributed by atoms with van der Waals surface area (Å²) < 4.78 is 122. The van der Waals surface area contributed by atoms with E-state index in [0.717, 1.165) is 17.4 Å². The molecule has 5 rings (SSSR count). The number of Topliss-reactive ketones (excluding diaryl/α,β-unsaturated/α-hetero) is 1.